The number of rotatable bonds is 6. The average Bonchev–Trinajstić information content (AvgIpc) is 2.99. The van der Waals surface area contributed by atoms with Gasteiger partial charge in [-0.05, 0) is 97.7 Å². The van der Waals surface area contributed by atoms with Gasteiger partial charge in [0.2, 0.25) is 0 Å². The molecule has 4 aliphatic carbocycles. The summed E-state index contributed by atoms with van der Waals surface area (Å²) >= 11 is 0. The maximum Gasteiger partial charge on any atom is 0.136 e. The Morgan fingerprint density at radius 2 is 1.70 bits per heavy atom. The van der Waals surface area contributed by atoms with Crippen molar-refractivity contribution in [1.29, 1.82) is 0 Å². The molecule has 0 spiro atoms. The van der Waals surface area contributed by atoms with Crippen molar-refractivity contribution >= 4 is 5.78 Å². The van der Waals surface area contributed by atoms with E-state index in [4.69, 9.17) is 0 Å². The van der Waals surface area contributed by atoms with Crippen molar-refractivity contribution in [2.45, 2.75) is 125 Å². The molecule has 4 rings (SSSR count). The normalized spacial score (nSPS) is 44.9. The van der Waals surface area contributed by atoms with Crippen LogP contribution in [0.5, 0.6) is 0 Å². The summed E-state index contributed by atoms with van der Waals surface area (Å²) in [6.45, 7) is 12.4. The fourth-order valence-corrected chi connectivity index (χ4v) is 9.54. The summed E-state index contributed by atoms with van der Waals surface area (Å²) in [6.07, 6.45) is 18.8. The summed E-state index contributed by atoms with van der Waals surface area (Å²) in [7, 11) is 0. The topological polar surface area (TPSA) is 17.1 Å². The highest BCUT2D eigenvalue weighted by Crippen LogP contribution is 2.66. The maximum atomic E-state index is 13.1. The van der Waals surface area contributed by atoms with E-state index >= 15 is 0 Å². The molecule has 1 nitrogen and oxygen atoms in total. The van der Waals surface area contributed by atoms with E-state index in [9.17, 15) is 4.79 Å². The Balaban J connectivity index is 1.47. The highest BCUT2D eigenvalue weighted by atomic mass is 16.1. The van der Waals surface area contributed by atoms with Crippen molar-refractivity contribution in [3.8, 4) is 0 Å². The predicted octanol–water partition coefficient (Wildman–Crippen LogP) is 8.46. The molecule has 0 N–H and O–H groups in total. The van der Waals surface area contributed by atoms with Crippen LogP contribution in [0.15, 0.2) is 0 Å². The summed E-state index contributed by atoms with van der Waals surface area (Å²) in [5.41, 5.74) is 0.885. The molecule has 30 heavy (non-hydrogen) atoms. The zero-order chi connectivity index (χ0) is 21.5. The molecule has 0 radical (unpaired) electrons. The summed E-state index contributed by atoms with van der Waals surface area (Å²) in [6, 6.07) is 0. The summed E-state index contributed by atoms with van der Waals surface area (Å²) in [5, 5.41) is 0. The largest absolute Gasteiger partial charge is 0.299 e. The van der Waals surface area contributed by atoms with Crippen LogP contribution in [0.4, 0.5) is 0 Å². The second-order valence-corrected chi connectivity index (χ2v) is 12.8. The van der Waals surface area contributed by atoms with Crippen LogP contribution in [-0.4, -0.2) is 5.78 Å². The number of carbonyl (C=O) groups is 1. The Kier molecular flexibility index (Phi) is 6.78. The Bertz CT molecular complexity index is 607. The first-order chi connectivity index (χ1) is 14.3. The highest BCUT2D eigenvalue weighted by Gasteiger charge is 2.59. The van der Waals surface area contributed by atoms with Crippen LogP contribution in [0, 0.1) is 52.3 Å². The highest BCUT2D eigenvalue weighted by molar-refractivity contribution is 5.82. The minimum atomic E-state index is 0.321. The SMILES string of the molecule is CCC(CCCC1CCC2C3CCC(=O)C4CCCCC4(C)C3CCC12C)C(C)C. The van der Waals surface area contributed by atoms with Crippen LogP contribution in [0.1, 0.15) is 125 Å². The number of Topliss-reactive ketones (excluding diaryl/α,β-unsaturated/α-hetero) is 1. The van der Waals surface area contributed by atoms with Gasteiger partial charge in [-0.2, -0.15) is 0 Å². The fourth-order valence-electron chi connectivity index (χ4n) is 9.54. The van der Waals surface area contributed by atoms with Crippen molar-refractivity contribution in [1.82, 2.24) is 0 Å². The molecule has 0 bridgehead atoms. The van der Waals surface area contributed by atoms with Crippen LogP contribution in [0.25, 0.3) is 0 Å². The minimum absolute atomic E-state index is 0.321. The first kappa shape index (κ1) is 22.8. The molecule has 172 valence electrons. The molecule has 0 aromatic carbocycles. The van der Waals surface area contributed by atoms with E-state index in [1.165, 1.54) is 83.5 Å². The van der Waals surface area contributed by atoms with Gasteiger partial charge >= 0.3 is 0 Å². The van der Waals surface area contributed by atoms with Gasteiger partial charge in [0.15, 0.2) is 0 Å². The Morgan fingerprint density at radius 1 is 0.933 bits per heavy atom. The molecule has 4 aliphatic rings. The molecular weight excluding hydrogens is 364 g/mol. The molecule has 1 heteroatoms. The van der Waals surface area contributed by atoms with Crippen molar-refractivity contribution in [3.63, 3.8) is 0 Å². The van der Waals surface area contributed by atoms with Crippen LogP contribution in [0.3, 0.4) is 0 Å². The van der Waals surface area contributed by atoms with Crippen molar-refractivity contribution in [3.05, 3.63) is 0 Å². The van der Waals surface area contributed by atoms with E-state index in [2.05, 4.69) is 34.6 Å². The van der Waals surface area contributed by atoms with Crippen LogP contribution in [0.2, 0.25) is 0 Å². The number of carbonyl (C=O) groups excluding carboxylic acids is 1. The number of hydrogen-bond acceptors (Lipinski definition) is 1. The molecule has 0 aliphatic heterocycles. The third-order valence-corrected chi connectivity index (χ3v) is 11.4. The number of hydrogen-bond donors (Lipinski definition) is 0. The van der Waals surface area contributed by atoms with E-state index < -0.39 is 0 Å². The summed E-state index contributed by atoms with van der Waals surface area (Å²) in [5.74, 6) is 6.31. The van der Waals surface area contributed by atoms with Gasteiger partial charge in [-0.25, -0.2) is 0 Å². The molecule has 8 unspecified atom stereocenters. The molecule has 0 saturated heterocycles. The first-order valence-electron chi connectivity index (χ1n) is 13.8. The van der Waals surface area contributed by atoms with E-state index in [-0.39, 0.29) is 0 Å². The molecule has 4 saturated carbocycles. The third-order valence-electron chi connectivity index (χ3n) is 11.4. The quantitative estimate of drug-likeness (QED) is 0.426. The lowest BCUT2D eigenvalue weighted by molar-refractivity contribution is -0.131. The maximum absolute atomic E-state index is 13.1. The zero-order valence-electron chi connectivity index (χ0n) is 20.8. The Labute approximate surface area is 187 Å². The number of fused-ring (bicyclic) bond motifs is 5. The molecular formula is C29H50O. The fraction of sp³-hybridized carbons (Fsp3) is 0.966. The third kappa shape index (κ3) is 3.83. The monoisotopic (exact) mass is 414 g/mol. The van der Waals surface area contributed by atoms with Gasteiger partial charge in [0.05, 0.1) is 0 Å². The molecule has 0 heterocycles. The Hall–Kier alpha value is -0.330. The molecule has 4 fully saturated rings. The van der Waals surface area contributed by atoms with Crippen LogP contribution >= 0.6 is 0 Å². The molecule has 0 amide bonds. The molecule has 8 atom stereocenters. The average molecular weight is 415 g/mol. The van der Waals surface area contributed by atoms with E-state index in [0.717, 1.165) is 41.9 Å². The van der Waals surface area contributed by atoms with Crippen molar-refractivity contribution in [2.75, 3.05) is 0 Å². The zero-order valence-corrected chi connectivity index (χ0v) is 20.8. The van der Waals surface area contributed by atoms with Crippen LogP contribution < -0.4 is 0 Å². The predicted molar refractivity (Wildman–Crippen MR) is 127 cm³/mol. The first-order valence-corrected chi connectivity index (χ1v) is 13.8. The van der Waals surface area contributed by atoms with Gasteiger partial charge in [-0.3, -0.25) is 4.79 Å². The lowest BCUT2D eigenvalue weighted by Crippen LogP contribution is -2.49. The van der Waals surface area contributed by atoms with E-state index in [1.807, 2.05) is 0 Å². The van der Waals surface area contributed by atoms with Gasteiger partial charge in [-0.1, -0.05) is 66.7 Å². The number of ketones is 1. The second-order valence-electron chi connectivity index (χ2n) is 12.8. The smallest absolute Gasteiger partial charge is 0.136 e. The Morgan fingerprint density at radius 3 is 2.43 bits per heavy atom. The van der Waals surface area contributed by atoms with Gasteiger partial charge in [0, 0.05) is 12.3 Å². The minimum Gasteiger partial charge on any atom is -0.299 e. The van der Waals surface area contributed by atoms with Gasteiger partial charge in [0.25, 0.3) is 0 Å². The van der Waals surface area contributed by atoms with E-state index in [1.54, 1.807) is 0 Å². The standard InChI is InChI=1S/C29H50O/c1-6-21(20(2)3)10-9-11-22-13-15-24-23-14-16-27(30)26-12-7-8-18-29(26,5)25(23)17-19-28(22,24)4/h20-26H,6-19H2,1-5H3. The van der Waals surface area contributed by atoms with Crippen LogP contribution in [-0.2, 0) is 4.79 Å². The lowest BCUT2D eigenvalue weighted by atomic mass is 9.49. The van der Waals surface area contributed by atoms with Gasteiger partial charge in [-0.15, -0.1) is 0 Å². The second kappa shape index (κ2) is 8.90. The summed E-state index contributed by atoms with van der Waals surface area (Å²) < 4.78 is 0. The van der Waals surface area contributed by atoms with Gasteiger partial charge < -0.3 is 0 Å². The summed E-state index contributed by atoms with van der Waals surface area (Å²) in [4.78, 5) is 13.1. The lowest BCUT2D eigenvalue weighted by Gasteiger charge is -2.55. The molecule has 0 aromatic rings. The van der Waals surface area contributed by atoms with Crippen molar-refractivity contribution in [2.24, 2.45) is 52.3 Å². The van der Waals surface area contributed by atoms with E-state index in [0.29, 0.717) is 22.5 Å². The van der Waals surface area contributed by atoms with Gasteiger partial charge in [0.1, 0.15) is 5.78 Å². The van der Waals surface area contributed by atoms with Crippen molar-refractivity contribution < 1.29 is 4.79 Å². The molecule has 0 aromatic heterocycles.